The maximum absolute atomic E-state index is 13.4. The van der Waals surface area contributed by atoms with Crippen molar-refractivity contribution in [3.8, 4) is 0 Å². The molecule has 0 atom stereocenters. The lowest BCUT2D eigenvalue weighted by Gasteiger charge is -2.09. The SMILES string of the molecule is C=Cc1c(F)c(F)c(CCCC)c(F)c1F. The van der Waals surface area contributed by atoms with Crippen LogP contribution in [0, 0.1) is 23.3 Å². The van der Waals surface area contributed by atoms with Gasteiger partial charge >= 0.3 is 0 Å². The van der Waals surface area contributed by atoms with E-state index >= 15 is 0 Å². The first kappa shape index (κ1) is 12.7. The standard InChI is InChI=1S/C12H12F4/c1-3-5-6-8-11(15)9(13)7(4-2)10(14)12(8)16/h4H,2-3,5-6H2,1H3. The Morgan fingerprint density at radius 3 is 1.88 bits per heavy atom. The molecule has 0 aliphatic carbocycles. The molecular formula is C12H12F4. The molecule has 0 aliphatic rings. The Labute approximate surface area is 91.6 Å². The lowest BCUT2D eigenvalue weighted by molar-refractivity contribution is 0.434. The molecule has 0 saturated carbocycles. The van der Waals surface area contributed by atoms with Gasteiger partial charge in [-0.3, -0.25) is 0 Å². The van der Waals surface area contributed by atoms with Crippen molar-refractivity contribution in [1.29, 1.82) is 0 Å². The topological polar surface area (TPSA) is 0 Å². The van der Waals surface area contributed by atoms with Gasteiger partial charge in [-0.2, -0.15) is 0 Å². The Kier molecular flexibility index (Phi) is 4.10. The number of hydrogen-bond acceptors (Lipinski definition) is 0. The summed E-state index contributed by atoms with van der Waals surface area (Å²) in [5.74, 6) is -5.38. The lowest BCUT2D eigenvalue weighted by Crippen LogP contribution is -2.06. The van der Waals surface area contributed by atoms with E-state index in [9.17, 15) is 17.6 Å². The fourth-order valence-electron chi connectivity index (χ4n) is 1.45. The van der Waals surface area contributed by atoms with Crippen LogP contribution in [0.1, 0.15) is 30.9 Å². The van der Waals surface area contributed by atoms with E-state index < -0.39 is 34.4 Å². The van der Waals surface area contributed by atoms with Crippen molar-refractivity contribution in [2.24, 2.45) is 0 Å². The Bertz CT molecular complexity index is 381. The Morgan fingerprint density at radius 2 is 1.50 bits per heavy atom. The summed E-state index contributed by atoms with van der Waals surface area (Å²) in [5.41, 5.74) is -1.28. The van der Waals surface area contributed by atoms with E-state index in [2.05, 4.69) is 6.58 Å². The van der Waals surface area contributed by atoms with Gasteiger partial charge in [-0.05, 0) is 12.8 Å². The number of benzene rings is 1. The van der Waals surface area contributed by atoms with Gasteiger partial charge < -0.3 is 0 Å². The van der Waals surface area contributed by atoms with E-state index in [1.54, 1.807) is 0 Å². The van der Waals surface area contributed by atoms with Crippen molar-refractivity contribution in [3.05, 3.63) is 41.0 Å². The summed E-state index contributed by atoms with van der Waals surface area (Å²) >= 11 is 0. The summed E-state index contributed by atoms with van der Waals surface area (Å²) in [6.07, 6.45) is 1.91. The highest BCUT2D eigenvalue weighted by Crippen LogP contribution is 2.26. The van der Waals surface area contributed by atoms with Crippen LogP contribution in [0.5, 0.6) is 0 Å². The van der Waals surface area contributed by atoms with Crippen LogP contribution < -0.4 is 0 Å². The second-order valence-corrected chi connectivity index (χ2v) is 3.46. The predicted octanol–water partition coefficient (Wildman–Crippen LogP) is 4.23. The number of halogens is 4. The predicted molar refractivity (Wildman–Crippen MR) is 55.0 cm³/mol. The number of unbranched alkanes of at least 4 members (excludes halogenated alkanes) is 1. The third-order valence-corrected chi connectivity index (χ3v) is 2.37. The van der Waals surface area contributed by atoms with Crippen molar-refractivity contribution in [2.45, 2.75) is 26.2 Å². The second-order valence-electron chi connectivity index (χ2n) is 3.46. The molecule has 1 rings (SSSR count). The second kappa shape index (κ2) is 5.14. The highest BCUT2D eigenvalue weighted by Gasteiger charge is 2.22. The minimum absolute atomic E-state index is 0.0145. The highest BCUT2D eigenvalue weighted by molar-refractivity contribution is 5.50. The van der Waals surface area contributed by atoms with Crippen LogP contribution in [-0.4, -0.2) is 0 Å². The van der Waals surface area contributed by atoms with Crippen LogP contribution >= 0.6 is 0 Å². The minimum atomic E-state index is -1.37. The molecule has 0 N–H and O–H groups in total. The van der Waals surface area contributed by atoms with Gasteiger partial charge in [0.05, 0.1) is 5.56 Å². The monoisotopic (exact) mass is 232 g/mol. The fourth-order valence-corrected chi connectivity index (χ4v) is 1.45. The molecule has 0 aromatic heterocycles. The maximum atomic E-state index is 13.4. The van der Waals surface area contributed by atoms with Crippen LogP contribution in [0.15, 0.2) is 6.58 Å². The highest BCUT2D eigenvalue weighted by atomic mass is 19.2. The van der Waals surface area contributed by atoms with Crippen molar-refractivity contribution < 1.29 is 17.6 Å². The molecule has 1 aromatic rings. The van der Waals surface area contributed by atoms with Crippen LogP contribution in [0.4, 0.5) is 17.6 Å². The van der Waals surface area contributed by atoms with E-state index in [0.717, 1.165) is 6.08 Å². The zero-order valence-electron chi connectivity index (χ0n) is 8.92. The smallest absolute Gasteiger partial charge is 0.169 e. The summed E-state index contributed by atoms with van der Waals surface area (Å²) in [4.78, 5) is 0. The molecule has 0 nitrogen and oxygen atoms in total. The molecule has 0 bridgehead atoms. The summed E-state index contributed by atoms with van der Waals surface area (Å²) in [6.45, 7) is 4.93. The van der Waals surface area contributed by atoms with Gasteiger partial charge in [-0.25, -0.2) is 17.6 Å². The molecule has 1 aromatic carbocycles. The average molecular weight is 232 g/mol. The fraction of sp³-hybridized carbons (Fsp3) is 0.333. The van der Waals surface area contributed by atoms with Gasteiger partial charge in [0.15, 0.2) is 23.3 Å². The maximum Gasteiger partial charge on any atom is 0.169 e. The number of hydrogen-bond donors (Lipinski definition) is 0. The van der Waals surface area contributed by atoms with Crippen LogP contribution in [0.2, 0.25) is 0 Å². The Hall–Kier alpha value is -1.32. The number of rotatable bonds is 4. The molecule has 0 aliphatic heterocycles. The summed E-state index contributed by atoms with van der Waals surface area (Å²) in [7, 11) is 0. The van der Waals surface area contributed by atoms with Crippen molar-refractivity contribution >= 4 is 6.08 Å². The third kappa shape index (κ3) is 2.10. The summed E-state index contributed by atoms with van der Waals surface area (Å²) in [6, 6.07) is 0. The molecule has 0 amide bonds. The molecular weight excluding hydrogens is 220 g/mol. The molecule has 0 unspecified atom stereocenters. The summed E-state index contributed by atoms with van der Waals surface area (Å²) in [5, 5.41) is 0. The van der Waals surface area contributed by atoms with E-state index in [1.807, 2.05) is 6.92 Å². The normalized spacial score (nSPS) is 10.6. The van der Waals surface area contributed by atoms with E-state index in [4.69, 9.17) is 0 Å². The van der Waals surface area contributed by atoms with Crippen molar-refractivity contribution in [1.82, 2.24) is 0 Å². The molecule has 88 valence electrons. The molecule has 0 fully saturated rings. The van der Waals surface area contributed by atoms with Gasteiger partial charge in [0.25, 0.3) is 0 Å². The van der Waals surface area contributed by atoms with Crippen LogP contribution in [0.25, 0.3) is 6.08 Å². The Morgan fingerprint density at radius 1 is 1.00 bits per heavy atom. The van der Waals surface area contributed by atoms with Gasteiger partial charge in [0.2, 0.25) is 0 Å². The van der Waals surface area contributed by atoms with Crippen LogP contribution in [-0.2, 0) is 6.42 Å². The third-order valence-electron chi connectivity index (χ3n) is 2.37. The van der Waals surface area contributed by atoms with Crippen molar-refractivity contribution in [3.63, 3.8) is 0 Å². The lowest BCUT2D eigenvalue weighted by atomic mass is 10.0. The first-order valence-corrected chi connectivity index (χ1v) is 5.01. The zero-order chi connectivity index (χ0) is 12.3. The summed E-state index contributed by atoms with van der Waals surface area (Å²) < 4.78 is 53.3. The molecule has 4 heteroatoms. The van der Waals surface area contributed by atoms with Gasteiger partial charge in [-0.15, -0.1) is 0 Å². The van der Waals surface area contributed by atoms with E-state index in [1.165, 1.54) is 0 Å². The van der Waals surface area contributed by atoms with E-state index in [0.29, 0.717) is 12.8 Å². The molecule has 0 saturated heterocycles. The quantitative estimate of drug-likeness (QED) is 0.538. The van der Waals surface area contributed by atoms with Gasteiger partial charge in [0.1, 0.15) is 0 Å². The first-order chi connectivity index (χ1) is 7.54. The Balaban J connectivity index is 3.35. The van der Waals surface area contributed by atoms with Gasteiger partial charge in [0, 0.05) is 5.56 Å². The minimum Gasteiger partial charge on any atom is -0.203 e. The molecule has 16 heavy (non-hydrogen) atoms. The molecule has 0 radical (unpaired) electrons. The van der Waals surface area contributed by atoms with E-state index in [-0.39, 0.29) is 6.42 Å². The largest absolute Gasteiger partial charge is 0.203 e. The molecule has 0 spiro atoms. The zero-order valence-corrected chi connectivity index (χ0v) is 8.92. The van der Waals surface area contributed by atoms with Crippen LogP contribution in [0.3, 0.4) is 0 Å². The van der Waals surface area contributed by atoms with Crippen molar-refractivity contribution in [2.75, 3.05) is 0 Å². The van der Waals surface area contributed by atoms with Gasteiger partial charge in [-0.1, -0.05) is 26.0 Å². The first-order valence-electron chi connectivity index (χ1n) is 5.01. The molecule has 0 heterocycles. The average Bonchev–Trinajstić information content (AvgIpc) is 2.27.